The van der Waals surface area contributed by atoms with Gasteiger partial charge in [0, 0.05) is 37.7 Å². The predicted molar refractivity (Wildman–Crippen MR) is 109 cm³/mol. The number of hydrogen-bond donors (Lipinski definition) is 1. The minimum Gasteiger partial charge on any atom is -0.486 e. The summed E-state index contributed by atoms with van der Waals surface area (Å²) in [5.74, 6) is 1.05. The second kappa shape index (κ2) is 9.04. The number of carbonyl (C=O) groups excluding carboxylic acids is 3. The Morgan fingerprint density at radius 3 is 2.37 bits per heavy atom. The Balaban J connectivity index is 1.33. The molecule has 1 aromatic carbocycles. The Labute approximate surface area is 175 Å². The Morgan fingerprint density at radius 2 is 1.73 bits per heavy atom. The number of Topliss-reactive ketones (excluding diaryl/α,β-unsaturated/α-hetero) is 1. The highest BCUT2D eigenvalue weighted by atomic mass is 16.6. The van der Waals surface area contributed by atoms with Crippen molar-refractivity contribution in [1.29, 1.82) is 0 Å². The summed E-state index contributed by atoms with van der Waals surface area (Å²) in [5, 5.41) is 2.87. The van der Waals surface area contributed by atoms with E-state index < -0.39 is 0 Å². The average Bonchev–Trinajstić information content (AvgIpc) is 3.28. The van der Waals surface area contributed by atoms with Gasteiger partial charge in [-0.2, -0.15) is 0 Å². The molecule has 0 aromatic heterocycles. The molecular weight excluding hydrogens is 388 g/mol. The lowest BCUT2D eigenvalue weighted by Crippen LogP contribution is -2.44. The van der Waals surface area contributed by atoms with Gasteiger partial charge >= 0.3 is 0 Å². The second-order valence-electron chi connectivity index (χ2n) is 8.12. The summed E-state index contributed by atoms with van der Waals surface area (Å²) in [6.07, 6.45) is 3.38. The lowest BCUT2D eigenvalue weighted by molar-refractivity contribution is -0.142. The van der Waals surface area contributed by atoms with Crippen LogP contribution in [0.15, 0.2) is 12.1 Å². The number of ketones is 1. The van der Waals surface area contributed by atoms with Crippen molar-refractivity contribution in [3.05, 3.63) is 17.7 Å². The van der Waals surface area contributed by atoms with Gasteiger partial charge in [-0.3, -0.25) is 14.4 Å². The highest BCUT2D eigenvalue weighted by molar-refractivity contribution is 6.04. The van der Waals surface area contributed by atoms with Crippen molar-refractivity contribution in [3.8, 4) is 11.5 Å². The van der Waals surface area contributed by atoms with Crippen LogP contribution in [0.1, 0.15) is 49.4 Å². The largest absolute Gasteiger partial charge is 0.486 e. The zero-order valence-corrected chi connectivity index (χ0v) is 17.3. The summed E-state index contributed by atoms with van der Waals surface area (Å²) in [4.78, 5) is 39.0. The van der Waals surface area contributed by atoms with Crippen LogP contribution < -0.4 is 14.8 Å². The lowest BCUT2D eigenvalue weighted by Gasteiger charge is -2.33. The summed E-state index contributed by atoms with van der Waals surface area (Å²) in [7, 11) is 0. The molecule has 0 spiro atoms. The summed E-state index contributed by atoms with van der Waals surface area (Å²) in [6, 6.07) is 3.29. The van der Waals surface area contributed by atoms with Crippen LogP contribution in [0.3, 0.4) is 0 Å². The summed E-state index contributed by atoms with van der Waals surface area (Å²) in [5.41, 5.74) is 0.854. The molecule has 2 amide bonds. The van der Waals surface area contributed by atoms with Gasteiger partial charge in [0.2, 0.25) is 5.91 Å². The lowest BCUT2D eigenvalue weighted by atomic mass is 9.92. The molecule has 0 saturated carbocycles. The average molecular weight is 416 g/mol. The van der Waals surface area contributed by atoms with Gasteiger partial charge in [-0.1, -0.05) is 0 Å². The molecular formula is C22H28N2O6. The number of nitrogens with one attached hydrogen (secondary N) is 1. The van der Waals surface area contributed by atoms with Gasteiger partial charge in [0.05, 0.1) is 5.69 Å². The van der Waals surface area contributed by atoms with Crippen molar-refractivity contribution >= 4 is 23.3 Å². The minimum atomic E-state index is -0.287. The fourth-order valence-corrected chi connectivity index (χ4v) is 4.28. The molecule has 0 radical (unpaired) electrons. The Morgan fingerprint density at radius 1 is 1.03 bits per heavy atom. The van der Waals surface area contributed by atoms with Crippen molar-refractivity contribution in [2.45, 2.75) is 45.1 Å². The number of likely N-dealkylation sites (tertiary alicyclic amines) is 1. The van der Waals surface area contributed by atoms with Gasteiger partial charge in [0.1, 0.15) is 19.3 Å². The van der Waals surface area contributed by atoms with Crippen LogP contribution in [0.25, 0.3) is 0 Å². The molecule has 0 bridgehead atoms. The first kappa shape index (κ1) is 20.7. The van der Waals surface area contributed by atoms with E-state index in [-0.39, 0.29) is 29.6 Å². The summed E-state index contributed by atoms with van der Waals surface area (Å²) >= 11 is 0. The first-order chi connectivity index (χ1) is 14.5. The maximum Gasteiger partial charge on any atom is 0.251 e. The fourth-order valence-electron chi connectivity index (χ4n) is 4.28. The number of benzene rings is 1. The third kappa shape index (κ3) is 4.59. The monoisotopic (exact) mass is 416 g/mol. The number of hydrogen-bond acceptors (Lipinski definition) is 6. The molecule has 4 rings (SSSR count). The molecule has 3 aliphatic heterocycles. The van der Waals surface area contributed by atoms with Gasteiger partial charge < -0.3 is 24.4 Å². The maximum absolute atomic E-state index is 12.7. The van der Waals surface area contributed by atoms with Crippen molar-refractivity contribution in [3.63, 3.8) is 0 Å². The first-order valence-corrected chi connectivity index (χ1v) is 10.7. The van der Waals surface area contributed by atoms with E-state index in [2.05, 4.69) is 5.32 Å². The number of nitrogens with zero attached hydrogens (tertiary/aromatic N) is 1. The molecule has 3 heterocycles. The van der Waals surface area contributed by atoms with Crippen LogP contribution in [0.2, 0.25) is 0 Å². The Kier molecular flexibility index (Phi) is 6.22. The molecule has 1 N–H and O–H groups in total. The Hall–Kier alpha value is -2.61. The molecule has 30 heavy (non-hydrogen) atoms. The molecule has 8 heteroatoms. The molecule has 2 fully saturated rings. The maximum atomic E-state index is 12.7. The molecule has 2 saturated heterocycles. The van der Waals surface area contributed by atoms with Crippen molar-refractivity contribution in [2.24, 2.45) is 5.92 Å². The van der Waals surface area contributed by atoms with Gasteiger partial charge in [-0.15, -0.1) is 0 Å². The number of ether oxygens (including phenoxy) is 3. The highest BCUT2D eigenvalue weighted by Crippen LogP contribution is 2.36. The Bertz CT molecular complexity index is 825. The van der Waals surface area contributed by atoms with E-state index >= 15 is 0 Å². The van der Waals surface area contributed by atoms with Gasteiger partial charge in [-0.05, 0) is 44.6 Å². The number of piperidine rings is 1. The molecule has 162 valence electrons. The van der Waals surface area contributed by atoms with Crippen LogP contribution in [-0.2, 0) is 14.3 Å². The van der Waals surface area contributed by atoms with E-state index in [0.29, 0.717) is 62.1 Å². The fraction of sp³-hybridized carbons (Fsp3) is 0.591. The van der Waals surface area contributed by atoms with E-state index in [0.717, 1.165) is 25.7 Å². The summed E-state index contributed by atoms with van der Waals surface area (Å²) in [6.45, 7) is 4.29. The van der Waals surface area contributed by atoms with E-state index in [9.17, 15) is 14.4 Å². The van der Waals surface area contributed by atoms with E-state index in [4.69, 9.17) is 14.2 Å². The van der Waals surface area contributed by atoms with E-state index in [1.165, 1.54) is 6.92 Å². The molecule has 8 nitrogen and oxygen atoms in total. The smallest absolute Gasteiger partial charge is 0.251 e. The number of fused-ring (bicyclic) bond motifs is 1. The number of anilines is 1. The minimum absolute atomic E-state index is 0.0813. The standard InChI is InChI=1S/C22H28N2O6/c1-14(25)16-12-19-20(30-10-9-29-19)13-17(16)23-21(26)11-15-4-6-24(7-5-15)22(27)18-3-2-8-28-18/h12-13,15,18H,2-11H2,1H3,(H,23,26)/t18-/m1/s1. The first-order valence-electron chi connectivity index (χ1n) is 10.7. The highest BCUT2D eigenvalue weighted by Gasteiger charge is 2.31. The van der Waals surface area contributed by atoms with Crippen molar-refractivity contribution in [1.82, 2.24) is 4.90 Å². The zero-order chi connectivity index (χ0) is 21.1. The normalized spacial score (nSPS) is 21.4. The number of rotatable bonds is 5. The van der Waals surface area contributed by atoms with Crippen molar-refractivity contribution in [2.75, 3.05) is 38.2 Å². The van der Waals surface area contributed by atoms with Gasteiger partial charge in [0.15, 0.2) is 17.3 Å². The van der Waals surface area contributed by atoms with Crippen LogP contribution in [0.4, 0.5) is 5.69 Å². The van der Waals surface area contributed by atoms with E-state index in [1.54, 1.807) is 12.1 Å². The number of amides is 2. The van der Waals surface area contributed by atoms with Crippen LogP contribution in [0.5, 0.6) is 11.5 Å². The van der Waals surface area contributed by atoms with Crippen molar-refractivity contribution < 1.29 is 28.6 Å². The molecule has 1 atom stereocenters. The van der Waals surface area contributed by atoms with Crippen LogP contribution in [-0.4, -0.2) is 61.5 Å². The predicted octanol–water partition coefficient (Wildman–Crippen LogP) is 2.41. The quantitative estimate of drug-likeness (QED) is 0.741. The molecule has 0 aliphatic carbocycles. The molecule has 3 aliphatic rings. The van der Waals surface area contributed by atoms with Crippen LogP contribution >= 0.6 is 0 Å². The van der Waals surface area contributed by atoms with E-state index in [1.807, 2.05) is 4.90 Å². The molecule has 0 unspecified atom stereocenters. The second-order valence-corrected chi connectivity index (χ2v) is 8.12. The third-order valence-electron chi connectivity index (χ3n) is 5.94. The van der Waals surface area contributed by atoms with Gasteiger partial charge in [0.25, 0.3) is 5.91 Å². The zero-order valence-electron chi connectivity index (χ0n) is 17.3. The third-order valence-corrected chi connectivity index (χ3v) is 5.94. The SMILES string of the molecule is CC(=O)c1cc2c(cc1NC(=O)CC1CCN(C(=O)[C@H]3CCCO3)CC1)OCCO2. The summed E-state index contributed by atoms with van der Waals surface area (Å²) < 4.78 is 16.6. The topological polar surface area (TPSA) is 94.2 Å². The van der Waals surface area contributed by atoms with Gasteiger partial charge in [-0.25, -0.2) is 0 Å². The molecule has 1 aromatic rings. The van der Waals surface area contributed by atoms with Crippen LogP contribution in [0, 0.1) is 5.92 Å². The number of carbonyl (C=O) groups is 3.